The third-order valence-corrected chi connectivity index (χ3v) is 3.25. The van der Waals surface area contributed by atoms with Crippen LogP contribution in [-0.2, 0) is 6.42 Å². The van der Waals surface area contributed by atoms with Crippen LogP contribution in [0.5, 0.6) is 0 Å². The largest absolute Gasteiger partial charge is 0.321 e. The highest BCUT2D eigenvalue weighted by Gasteiger charge is 2.13. The maximum absolute atomic E-state index is 12.9. The third kappa shape index (κ3) is 3.14. The van der Waals surface area contributed by atoms with E-state index in [1.165, 1.54) is 12.1 Å². The van der Waals surface area contributed by atoms with E-state index < -0.39 is 0 Å². The summed E-state index contributed by atoms with van der Waals surface area (Å²) in [5, 5.41) is 7.00. The molecule has 4 nitrogen and oxygen atoms in total. The first-order valence-electron chi connectivity index (χ1n) is 6.70. The number of nitrogens with zero attached hydrogens (tertiary/aromatic N) is 2. The lowest BCUT2D eigenvalue weighted by molar-refractivity contribution is 0.628. The molecule has 0 amide bonds. The molecule has 106 valence electrons. The summed E-state index contributed by atoms with van der Waals surface area (Å²) in [6, 6.07) is 15.8. The standard InChI is InChI=1S/C16H15FN4/c17-13-8-6-12(7-9-13)15-19-16(21-20-15)14(18)10-11-4-2-1-3-5-11/h1-9,14H,10,18H2,(H,19,20,21)/t14-/m0/s1. The average Bonchev–Trinajstić information content (AvgIpc) is 2.99. The maximum Gasteiger partial charge on any atom is 0.181 e. The van der Waals surface area contributed by atoms with Crippen molar-refractivity contribution in [3.05, 3.63) is 71.8 Å². The fourth-order valence-electron chi connectivity index (χ4n) is 2.13. The molecule has 0 radical (unpaired) electrons. The van der Waals surface area contributed by atoms with Crippen LogP contribution in [0, 0.1) is 5.82 Å². The quantitative estimate of drug-likeness (QED) is 0.773. The van der Waals surface area contributed by atoms with Gasteiger partial charge in [0, 0.05) is 5.56 Å². The zero-order valence-electron chi connectivity index (χ0n) is 11.3. The van der Waals surface area contributed by atoms with Crippen LogP contribution in [0.1, 0.15) is 17.4 Å². The van der Waals surface area contributed by atoms with Gasteiger partial charge >= 0.3 is 0 Å². The molecule has 3 N–H and O–H groups in total. The van der Waals surface area contributed by atoms with Crippen LogP contribution < -0.4 is 5.73 Å². The Kier molecular flexibility index (Phi) is 3.75. The minimum absolute atomic E-state index is 0.255. The molecule has 5 heteroatoms. The van der Waals surface area contributed by atoms with Crippen molar-refractivity contribution in [2.24, 2.45) is 5.73 Å². The molecule has 0 saturated carbocycles. The van der Waals surface area contributed by atoms with Crippen LogP contribution >= 0.6 is 0 Å². The highest BCUT2D eigenvalue weighted by Crippen LogP contribution is 2.18. The van der Waals surface area contributed by atoms with Crippen molar-refractivity contribution in [1.29, 1.82) is 0 Å². The summed E-state index contributed by atoms with van der Waals surface area (Å²) < 4.78 is 12.9. The van der Waals surface area contributed by atoms with Gasteiger partial charge in [-0.1, -0.05) is 30.3 Å². The molecule has 0 spiro atoms. The second kappa shape index (κ2) is 5.85. The SMILES string of the molecule is N[C@@H](Cc1ccccc1)c1nc(-c2ccc(F)cc2)n[nH]1. The van der Waals surface area contributed by atoms with Gasteiger partial charge in [0.25, 0.3) is 0 Å². The molecule has 3 rings (SSSR count). The van der Waals surface area contributed by atoms with Gasteiger partial charge in [-0.3, -0.25) is 5.10 Å². The molecule has 0 aliphatic rings. The van der Waals surface area contributed by atoms with E-state index in [4.69, 9.17) is 5.73 Å². The predicted octanol–water partition coefficient (Wildman–Crippen LogP) is 2.85. The number of aromatic amines is 1. The van der Waals surface area contributed by atoms with Crippen molar-refractivity contribution in [2.45, 2.75) is 12.5 Å². The van der Waals surface area contributed by atoms with Crippen molar-refractivity contribution in [3.8, 4) is 11.4 Å². The molecule has 3 aromatic rings. The van der Waals surface area contributed by atoms with Crippen molar-refractivity contribution in [2.75, 3.05) is 0 Å². The second-order valence-electron chi connectivity index (χ2n) is 4.85. The third-order valence-electron chi connectivity index (χ3n) is 3.25. The zero-order valence-corrected chi connectivity index (χ0v) is 11.3. The summed E-state index contributed by atoms with van der Waals surface area (Å²) in [4.78, 5) is 4.39. The Morgan fingerprint density at radius 1 is 1.05 bits per heavy atom. The molecular formula is C16H15FN4. The number of aromatic nitrogens is 3. The first-order valence-corrected chi connectivity index (χ1v) is 6.70. The number of nitrogens with two attached hydrogens (primary N) is 1. The van der Waals surface area contributed by atoms with Gasteiger partial charge in [0.15, 0.2) is 5.82 Å². The Morgan fingerprint density at radius 3 is 2.48 bits per heavy atom. The molecule has 0 aliphatic heterocycles. The number of halogens is 1. The molecule has 0 saturated heterocycles. The Labute approximate surface area is 121 Å². The smallest absolute Gasteiger partial charge is 0.181 e. The molecule has 0 aliphatic carbocycles. The summed E-state index contributed by atoms with van der Waals surface area (Å²) in [5.41, 5.74) is 8.05. The number of hydrogen-bond acceptors (Lipinski definition) is 3. The molecule has 1 aromatic heterocycles. The van der Waals surface area contributed by atoms with Crippen LogP contribution in [-0.4, -0.2) is 15.2 Å². The van der Waals surface area contributed by atoms with E-state index in [9.17, 15) is 4.39 Å². The molecule has 0 fully saturated rings. The van der Waals surface area contributed by atoms with Gasteiger partial charge in [-0.25, -0.2) is 9.37 Å². The number of hydrogen-bond donors (Lipinski definition) is 2. The van der Waals surface area contributed by atoms with E-state index in [0.29, 0.717) is 18.1 Å². The maximum atomic E-state index is 12.9. The fraction of sp³-hybridized carbons (Fsp3) is 0.125. The van der Waals surface area contributed by atoms with E-state index in [2.05, 4.69) is 15.2 Å². The summed E-state index contributed by atoms with van der Waals surface area (Å²) in [7, 11) is 0. The number of nitrogens with one attached hydrogen (secondary N) is 1. The first-order chi connectivity index (χ1) is 10.2. The Bertz CT molecular complexity index is 707. The van der Waals surface area contributed by atoms with E-state index in [-0.39, 0.29) is 11.9 Å². The number of benzene rings is 2. The highest BCUT2D eigenvalue weighted by atomic mass is 19.1. The van der Waals surface area contributed by atoms with Gasteiger partial charge in [-0.2, -0.15) is 5.10 Å². The lowest BCUT2D eigenvalue weighted by Crippen LogP contribution is -2.15. The summed E-state index contributed by atoms with van der Waals surface area (Å²) in [5.74, 6) is 0.863. The zero-order chi connectivity index (χ0) is 14.7. The minimum Gasteiger partial charge on any atom is -0.321 e. The molecule has 1 atom stereocenters. The Hall–Kier alpha value is -2.53. The number of rotatable bonds is 4. The molecule has 0 unspecified atom stereocenters. The molecule has 2 aromatic carbocycles. The van der Waals surface area contributed by atoms with E-state index in [1.54, 1.807) is 12.1 Å². The van der Waals surface area contributed by atoms with Gasteiger partial charge in [0.1, 0.15) is 11.6 Å². The van der Waals surface area contributed by atoms with Gasteiger partial charge in [-0.05, 0) is 36.2 Å². The molecule has 0 bridgehead atoms. The lowest BCUT2D eigenvalue weighted by atomic mass is 10.1. The van der Waals surface area contributed by atoms with Gasteiger partial charge in [-0.15, -0.1) is 0 Å². The lowest BCUT2D eigenvalue weighted by Gasteiger charge is -2.07. The normalized spacial score (nSPS) is 12.3. The van der Waals surface area contributed by atoms with Crippen LogP contribution in [0.15, 0.2) is 54.6 Å². The van der Waals surface area contributed by atoms with Crippen LogP contribution in [0.25, 0.3) is 11.4 Å². The van der Waals surface area contributed by atoms with Crippen molar-refractivity contribution < 1.29 is 4.39 Å². The average molecular weight is 282 g/mol. The Morgan fingerprint density at radius 2 is 1.76 bits per heavy atom. The molecule has 21 heavy (non-hydrogen) atoms. The monoisotopic (exact) mass is 282 g/mol. The van der Waals surface area contributed by atoms with Crippen molar-refractivity contribution in [1.82, 2.24) is 15.2 Å². The van der Waals surface area contributed by atoms with Crippen LogP contribution in [0.4, 0.5) is 4.39 Å². The first kappa shape index (κ1) is 13.5. The van der Waals surface area contributed by atoms with Crippen molar-refractivity contribution >= 4 is 0 Å². The summed E-state index contributed by atoms with van der Waals surface area (Å²) >= 11 is 0. The van der Waals surface area contributed by atoms with Crippen LogP contribution in [0.3, 0.4) is 0 Å². The van der Waals surface area contributed by atoms with Gasteiger partial charge in [0.2, 0.25) is 0 Å². The van der Waals surface area contributed by atoms with E-state index in [1.807, 2.05) is 30.3 Å². The van der Waals surface area contributed by atoms with Gasteiger partial charge in [0.05, 0.1) is 6.04 Å². The van der Waals surface area contributed by atoms with Crippen molar-refractivity contribution in [3.63, 3.8) is 0 Å². The second-order valence-corrected chi connectivity index (χ2v) is 4.85. The summed E-state index contributed by atoms with van der Waals surface area (Å²) in [6.45, 7) is 0. The Balaban J connectivity index is 1.76. The molecule has 1 heterocycles. The van der Waals surface area contributed by atoms with Gasteiger partial charge < -0.3 is 5.73 Å². The summed E-state index contributed by atoms with van der Waals surface area (Å²) in [6.07, 6.45) is 0.679. The van der Waals surface area contributed by atoms with Crippen LogP contribution in [0.2, 0.25) is 0 Å². The minimum atomic E-state index is -0.282. The molecular weight excluding hydrogens is 267 g/mol. The predicted molar refractivity (Wildman–Crippen MR) is 78.9 cm³/mol. The van der Waals surface area contributed by atoms with E-state index >= 15 is 0 Å². The highest BCUT2D eigenvalue weighted by molar-refractivity contribution is 5.54. The van der Waals surface area contributed by atoms with E-state index in [0.717, 1.165) is 11.1 Å². The topological polar surface area (TPSA) is 67.6 Å². The number of H-pyrrole nitrogens is 1. The fourth-order valence-corrected chi connectivity index (χ4v) is 2.13.